The summed E-state index contributed by atoms with van der Waals surface area (Å²) in [4.78, 5) is 51.5. The summed E-state index contributed by atoms with van der Waals surface area (Å²) in [6.07, 6.45) is -2.12. The second-order valence-electron chi connectivity index (χ2n) is 5.67. The molecule has 0 spiro atoms. The molecule has 3 unspecified atom stereocenters. The van der Waals surface area contributed by atoms with Crippen molar-refractivity contribution < 1.29 is 42.5 Å². The number of rotatable bonds is 6. The first-order valence-corrected chi connectivity index (χ1v) is 10.9. The maximum absolute atomic E-state index is 12.2. The molecule has 1 aliphatic rings. The highest BCUT2D eigenvalue weighted by atomic mass is 31.2. The second-order valence-corrected chi connectivity index (χ2v) is 8.10. The highest BCUT2D eigenvalue weighted by Crippen LogP contribution is 2.45. The Labute approximate surface area is 158 Å². The fourth-order valence-corrected chi connectivity index (χ4v) is 3.36. The van der Waals surface area contributed by atoms with Crippen molar-refractivity contribution in [1.82, 2.24) is 9.55 Å². The van der Waals surface area contributed by atoms with Crippen molar-refractivity contribution >= 4 is 21.5 Å². The maximum Gasteiger partial charge on any atom is 0.469 e. The van der Waals surface area contributed by atoms with Gasteiger partial charge in [-0.3, -0.25) is 13.6 Å². The SMILES string of the molecule is CCC#Cc1cn(C2CC(OP(=O)(O)O)C(COP(=O)(O)O)O2)c(=O)nc1N. The molecule has 0 radical (unpaired) electrons. The third kappa shape index (κ3) is 6.49. The number of nitrogens with zero attached hydrogens (tertiary/aromatic N) is 2. The van der Waals surface area contributed by atoms with E-state index in [0.29, 0.717) is 6.42 Å². The fraction of sp³-hybridized carbons (Fsp3) is 0.538. The van der Waals surface area contributed by atoms with Gasteiger partial charge in [-0.25, -0.2) is 13.9 Å². The summed E-state index contributed by atoms with van der Waals surface area (Å²) in [5.74, 6) is 5.40. The van der Waals surface area contributed by atoms with Crippen molar-refractivity contribution in [2.45, 2.75) is 38.2 Å². The molecule has 1 aromatic heterocycles. The van der Waals surface area contributed by atoms with Crippen molar-refractivity contribution in [2.75, 3.05) is 12.3 Å². The first-order valence-electron chi connectivity index (χ1n) is 7.86. The van der Waals surface area contributed by atoms with Crippen LogP contribution in [0.4, 0.5) is 5.82 Å². The molecule has 2 heterocycles. The van der Waals surface area contributed by atoms with Crippen molar-refractivity contribution in [1.29, 1.82) is 0 Å². The normalized spacial score (nSPS) is 22.7. The third-order valence-electron chi connectivity index (χ3n) is 3.55. The zero-order valence-electron chi connectivity index (χ0n) is 14.5. The first kappa shape index (κ1) is 22.7. The molecule has 156 valence electrons. The van der Waals surface area contributed by atoms with Gasteiger partial charge in [-0.1, -0.05) is 18.8 Å². The zero-order valence-corrected chi connectivity index (χ0v) is 16.3. The molecule has 1 fully saturated rings. The lowest BCUT2D eigenvalue weighted by Gasteiger charge is -2.19. The van der Waals surface area contributed by atoms with Crippen molar-refractivity contribution in [3.8, 4) is 11.8 Å². The van der Waals surface area contributed by atoms with E-state index in [1.165, 1.54) is 6.20 Å². The van der Waals surface area contributed by atoms with Crippen LogP contribution in [0.5, 0.6) is 0 Å². The highest BCUT2D eigenvalue weighted by Gasteiger charge is 2.42. The van der Waals surface area contributed by atoms with Crippen LogP contribution in [0.3, 0.4) is 0 Å². The standard InChI is InChI=1S/C13H19N3O10P2/c1-2-3-4-8-6-16(13(17)15-12(8)14)11-5-9(26-28(21,22)23)10(25-11)7-24-27(18,19)20/h6,9-11H,2,5,7H2,1H3,(H2,14,15,17)(H2,18,19,20)(H2,21,22,23). The molecular weight excluding hydrogens is 420 g/mol. The lowest BCUT2D eigenvalue weighted by atomic mass is 10.2. The number of phosphoric acid groups is 2. The quantitative estimate of drug-likeness (QED) is 0.280. The number of nitrogen functional groups attached to an aromatic ring is 1. The Bertz CT molecular complexity index is 927. The van der Waals surface area contributed by atoms with Crippen LogP contribution < -0.4 is 11.4 Å². The minimum absolute atomic E-state index is 0.0930. The van der Waals surface area contributed by atoms with Gasteiger partial charge in [0.05, 0.1) is 12.2 Å². The monoisotopic (exact) mass is 439 g/mol. The highest BCUT2D eigenvalue weighted by molar-refractivity contribution is 7.46. The number of hydrogen-bond donors (Lipinski definition) is 5. The predicted octanol–water partition coefficient (Wildman–Crippen LogP) is -0.538. The summed E-state index contributed by atoms with van der Waals surface area (Å²) >= 11 is 0. The van der Waals surface area contributed by atoms with E-state index in [2.05, 4.69) is 25.9 Å². The van der Waals surface area contributed by atoms with E-state index in [9.17, 15) is 13.9 Å². The predicted molar refractivity (Wildman–Crippen MR) is 93.5 cm³/mol. The number of nitrogens with two attached hydrogens (primary N) is 1. The van der Waals surface area contributed by atoms with E-state index in [1.54, 1.807) is 0 Å². The van der Waals surface area contributed by atoms with Gasteiger partial charge in [-0.05, 0) is 0 Å². The smallest absolute Gasteiger partial charge is 0.382 e. The molecule has 1 aliphatic heterocycles. The Morgan fingerprint density at radius 1 is 1.36 bits per heavy atom. The molecule has 0 bridgehead atoms. The lowest BCUT2D eigenvalue weighted by molar-refractivity contribution is -0.0443. The van der Waals surface area contributed by atoms with Gasteiger partial charge in [0, 0.05) is 19.0 Å². The van der Waals surface area contributed by atoms with Crippen molar-refractivity contribution in [3.63, 3.8) is 0 Å². The van der Waals surface area contributed by atoms with Crippen LogP contribution >= 0.6 is 15.6 Å². The van der Waals surface area contributed by atoms with E-state index in [0.717, 1.165) is 4.57 Å². The summed E-state index contributed by atoms with van der Waals surface area (Å²) in [6, 6.07) is 0. The first-order chi connectivity index (χ1) is 12.9. The number of aromatic nitrogens is 2. The van der Waals surface area contributed by atoms with Gasteiger partial charge in [-0.15, -0.1) is 0 Å². The van der Waals surface area contributed by atoms with Gasteiger partial charge >= 0.3 is 21.3 Å². The number of phosphoric ester groups is 2. The number of hydrogen-bond acceptors (Lipinski definition) is 8. The summed E-state index contributed by atoms with van der Waals surface area (Å²) < 4.78 is 37.5. The van der Waals surface area contributed by atoms with Gasteiger partial charge in [0.2, 0.25) is 0 Å². The summed E-state index contributed by atoms with van der Waals surface area (Å²) in [5, 5.41) is 0. The van der Waals surface area contributed by atoms with Crippen LogP contribution in [0.1, 0.15) is 31.6 Å². The Hall–Kier alpha value is -1.58. The molecule has 3 atom stereocenters. The van der Waals surface area contributed by atoms with Gasteiger partial charge in [0.15, 0.2) is 0 Å². The molecule has 1 aromatic rings. The Morgan fingerprint density at radius 2 is 2.04 bits per heavy atom. The molecule has 0 aromatic carbocycles. The topological polar surface area (TPSA) is 204 Å². The molecule has 1 saturated heterocycles. The number of anilines is 1. The molecule has 0 aliphatic carbocycles. The molecule has 28 heavy (non-hydrogen) atoms. The molecule has 2 rings (SSSR count). The van der Waals surface area contributed by atoms with Crippen LogP contribution in [-0.4, -0.2) is 47.9 Å². The number of ether oxygens (including phenoxy) is 1. The van der Waals surface area contributed by atoms with Gasteiger partial charge in [0.1, 0.15) is 24.3 Å². The van der Waals surface area contributed by atoms with Crippen LogP contribution in [0, 0.1) is 11.8 Å². The van der Waals surface area contributed by atoms with E-state index in [1.807, 2.05) is 6.92 Å². The van der Waals surface area contributed by atoms with E-state index in [4.69, 9.17) is 30.0 Å². The molecule has 6 N–H and O–H groups in total. The average molecular weight is 439 g/mol. The van der Waals surface area contributed by atoms with Crippen LogP contribution in [-0.2, 0) is 22.9 Å². The fourth-order valence-electron chi connectivity index (χ4n) is 2.45. The van der Waals surface area contributed by atoms with Crippen LogP contribution in [0.2, 0.25) is 0 Å². The summed E-state index contributed by atoms with van der Waals surface area (Å²) in [7, 11) is -9.82. The summed E-state index contributed by atoms with van der Waals surface area (Å²) in [5.41, 5.74) is 5.09. The minimum Gasteiger partial charge on any atom is -0.382 e. The average Bonchev–Trinajstić information content (AvgIpc) is 2.92. The van der Waals surface area contributed by atoms with E-state index < -0.39 is 46.4 Å². The van der Waals surface area contributed by atoms with Gasteiger partial charge < -0.3 is 30.0 Å². The molecule has 15 heteroatoms. The molecular formula is C13H19N3O10P2. The van der Waals surface area contributed by atoms with Crippen LogP contribution in [0.15, 0.2) is 11.0 Å². The lowest BCUT2D eigenvalue weighted by Crippen LogP contribution is -2.29. The Balaban J connectivity index is 2.32. The van der Waals surface area contributed by atoms with E-state index in [-0.39, 0.29) is 17.8 Å². The molecule has 13 nitrogen and oxygen atoms in total. The third-order valence-corrected chi connectivity index (χ3v) is 4.58. The van der Waals surface area contributed by atoms with Gasteiger partial charge in [0.25, 0.3) is 0 Å². The zero-order chi connectivity index (χ0) is 21.1. The molecule has 0 saturated carbocycles. The Kier molecular flexibility index (Phi) is 7.17. The van der Waals surface area contributed by atoms with E-state index >= 15 is 0 Å². The van der Waals surface area contributed by atoms with Crippen molar-refractivity contribution in [2.24, 2.45) is 0 Å². The van der Waals surface area contributed by atoms with Gasteiger partial charge in [-0.2, -0.15) is 4.98 Å². The molecule has 0 amide bonds. The maximum atomic E-state index is 12.2. The second kappa shape index (κ2) is 8.84. The Morgan fingerprint density at radius 3 is 2.61 bits per heavy atom. The largest absolute Gasteiger partial charge is 0.469 e. The minimum atomic E-state index is -4.95. The van der Waals surface area contributed by atoms with Crippen molar-refractivity contribution in [3.05, 3.63) is 22.2 Å². The van der Waals surface area contributed by atoms with Crippen LogP contribution in [0.25, 0.3) is 0 Å². The summed E-state index contributed by atoms with van der Waals surface area (Å²) in [6.45, 7) is 1.08.